The lowest BCUT2D eigenvalue weighted by Gasteiger charge is -2.20. The van der Waals surface area contributed by atoms with Crippen molar-refractivity contribution in [3.8, 4) is 0 Å². The summed E-state index contributed by atoms with van der Waals surface area (Å²) in [6.07, 6.45) is -3.84. The molecule has 0 bridgehead atoms. The molecular formula is C21H18F2O6. The minimum Gasteiger partial charge on any atom is -0.458 e. The van der Waals surface area contributed by atoms with Crippen molar-refractivity contribution in [1.82, 2.24) is 0 Å². The van der Waals surface area contributed by atoms with E-state index in [9.17, 15) is 23.2 Å². The second-order valence-electron chi connectivity index (χ2n) is 6.72. The fraction of sp³-hybridized carbons (Fsp3) is 0.286. The zero-order valence-electron chi connectivity index (χ0n) is 15.7. The summed E-state index contributed by atoms with van der Waals surface area (Å²) in [5.41, 5.74) is 2.04. The third kappa shape index (κ3) is 4.42. The predicted octanol–water partition coefficient (Wildman–Crippen LogP) is 3.25. The Bertz CT molecular complexity index is 921. The molecule has 152 valence electrons. The van der Waals surface area contributed by atoms with E-state index in [0.29, 0.717) is 0 Å². The van der Waals surface area contributed by atoms with Crippen molar-refractivity contribution in [3.63, 3.8) is 0 Å². The quantitative estimate of drug-likeness (QED) is 0.562. The van der Waals surface area contributed by atoms with Crippen LogP contribution in [-0.4, -0.2) is 42.6 Å². The van der Waals surface area contributed by atoms with Crippen molar-refractivity contribution < 1.29 is 37.4 Å². The van der Waals surface area contributed by atoms with E-state index in [2.05, 4.69) is 4.74 Å². The Morgan fingerprint density at radius 3 is 1.93 bits per heavy atom. The minimum atomic E-state index is -4.05. The minimum absolute atomic E-state index is 0.0427. The van der Waals surface area contributed by atoms with E-state index in [0.717, 1.165) is 11.1 Å². The topological polar surface area (TPSA) is 78.9 Å². The van der Waals surface area contributed by atoms with Gasteiger partial charge in [0, 0.05) is 0 Å². The van der Waals surface area contributed by atoms with Crippen molar-refractivity contribution in [2.24, 2.45) is 0 Å². The number of carbonyl (C=O) groups is 3. The highest BCUT2D eigenvalue weighted by molar-refractivity contribution is 5.91. The van der Waals surface area contributed by atoms with E-state index in [-0.39, 0.29) is 11.1 Å². The van der Waals surface area contributed by atoms with E-state index in [1.165, 1.54) is 24.3 Å². The molecule has 0 unspecified atom stereocenters. The number of benzene rings is 2. The van der Waals surface area contributed by atoms with Crippen LogP contribution in [-0.2, 0) is 19.0 Å². The Morgan fingerprint density at radius 2 is 1.41 bits per heavy atom. The molecule has 6 nitrogen and oxygen atoms in total. The molecule has 0 aliphatic carbocycles. The highest BCUT2D eigenvalue weighted by Crippen LogP contribution is 2.35. The largest absolute Gasteiger partial charge is 0.458 e. The van der Waals surface area contributed by atoms with Crippen LogP contribution in [0.3, 0.4) is 0 Å². The lowest BCUT2D eigenvalue weighted by Crippen LogP contribution is -2.43. The lowest BCUT2D eigenvalue weighted by atomic mass is 10.1. The van der Waals surface area contributed by atoms with Crippen LogP contribution in [0.15, 0.2) is 48.5 Å². The Hall–Kier alpha value is -3.29. The first-order valence-electron chi connectivity index (χ1n) is 8.79. The Kier molecular flexibility index (Phi) is 5.63. The smallest absolute Gasteiger partial charge is 0.382 e. The number of hydrogen-bond donors (Lipinski definition) is 0. The molecule has 8 heteroatoms. The maximum absolute atomic E-state index is 14.2. The molecule has 1 heterocycles. The molecule has 2 aromatic carbocycles. The Morgan fingerprint density at radius 1 is 0.931 bits per heavy atom. The van der Waals surface area contributed by atoms with Crippen LogP contribution < -0.4 is 0 Å². The zero-order valence-corrected chi connectivity index (χ0v) is 15.7. The molecule has 0 spiro atoms. The first kappa shape index (κ1) is 20.4. The number of rotatable bonds is 5. The average Bonchev–Trinajstić information content (AvgIpc) is 2.90. The van der Waals surface area contributed by atoms with Gasteiger partial charge < -0.3 is 14.2 Å². The van der Waals surface area contributed by atoms with Crippen LogP contribution in [0.4, 0.5) is 8.78 Å². The number of halogens is 2. The molecule has 1 aliphatic rings. The number of ether oxygens (including phenoxy) is 3. The van der Waals surface area contributed by atoms with Crippen LogP contribution >= 0.6 is 0 Å². The van der Waals surface area contributed by atoms with Gasteiger partial charge in [-0.15, -0.1) is 0 Å². The number of carbonyl (C=O) groups excluding carboxylic acids is 3. The van der Waals surface area contributed by atoms with Gasteiger partial charge in [0.1, 0.15) is 6.61 Å². The summed E-state index contributed by atoms with van der Waals surface area (Å²) in [6.45, 7) is 2.95. The molecule has 1 aliphatic heterocycles. The average molecular weight is 404 g/mol. The number of esters is 3. The molecule has 0 aromatic heterocycles. The molecule has 0 N–H and O–H groups in total. The van der Waals surface area contributed by atoms with Gasteiger partial charge in [-0.05, 0) is 38.1 Å². The van der Waals surface area contributed by atoms with Crippen molar-refractivity contribution in [2.75, 3.05) is 6.61 Å². The maximum atomic E-state index is 14.2. The van der Waals surface area contributed by atoms with Crippen LogP contribution in [0.1, 0.15) is 31.8 Å². The summed E-state index contributed by atoms with van der Waals surface area (Å²) in [6, 6.07) is 12.5. The summed E-state index contributed by atoms with van der Waals surface area (Å²) in [4.78, 5) is 35.8. The molecular weight excluding hydrogens is 386 g/mol. The SMILES string of the molecule is Cc1ccc(C(=O)OC[C@H]2OC(=O)C(F)(F)[C@H]2OC(=O)c2ccc(C)cc2)cc1. The standard InChI is InChI=1S/C21H18F2O6/c1-12-3-7-14(8-4-12)18(24)27-11-16-17(21(22,23)20(26)28-16)29-19(25)15-9-5-13(2)6-10-15/h3-10,16-17H,11H2,1-2H3/t16-,17+/m1/s1. The van der Waals surface area contributed by atoms with Crippen LogP contribution in [0.2, 0.25) is 0 Å². The normalized spacial score (nSPS) is 20.1. The molecule has 0 radical (unpaired) electrons. The van der Waals surface area contributed by atoms with Gasteiger partial charge in [-0.2, -0.15) is 8.78 Å². The van der Waals surface area contributed by atoms with Gasteiger partial charge in [-0.1, -0.05) is 35.4 Å². The number of aryl methyl sites for hydroxylation is 2. The first-order valence-corrected chi connectivity index (χ1v) is 8.79. The van der Waals surface area contributed by atoms with Crippen LogP contribution in [0.25, 0.3) is 0 Å². The third-order valence-electron chi connectivity index (χ3n) is 4.41. The molecule has 2 aromatic rings. The third-order valence-corrected chi connectivity index (χ3v) is 4.41. The van der Waals surface area contributed by atoms with Gasteiger partial charge in [0.2, 0.25) is 6.10 Å². The van der Waals surface area contributed by atoms with Gasteiger partial charge in [0.25, 0.3) is 0 Å². The van der Waals surface area contributed by atoms with E-state index >= 15 is 0 Å². The molecule has 1 fully saturated rings. The Balaban J connectivity index is 1.70. The monoisotopic (exact) mass is 404 g/mol. The van der Waals surface area contributed by atoms with Gasteiger partial charge in [-0.3, -0.25) is 0 Å². The summed E-state index contributed by atoms with van der Waals surface area (Å²) in [7, 11) is 0. The van der Waals surface area contributed by atoms with E-state index < -0.39 is 42.6 Å². The first-order chi connectivity index (χ1) is 13.7. The van der Waals surface area contributed by atoms with Crippen LogP contribution in [0, 0.1) is 13.8 Å². The maximum Gasteiger partial charge on any atom is 0.382 e. The molecule has 0 amide bonds. The lowest BCUT2D eigenvalue weighted by molar-refractivity contribution is -0.163. The molecule has 0 saturated carbocycles. The van der Waals surface area contributed by atoms with E-state index in [1.807, 2.05) is 6.92 Å². The van der Waals surface area contributed by atoms with Crippen molar-refractivity contribution in [1.29, 1.82) is 0 Å². The number of cyclic esters (lactones) is 1. The highest BCUT2D eigenvalue weighted by atomic mass is 19.3. The van der Waals surface area contributed by atoms with Crippen molar-refractivity contribution >= 4 is 17.9 Å². The van der Waals surface area contributed by atoms with Crippen LogP contribution in [0.5, 0.6) is 0 Å². The number of alkyl halides is 2. The highest BCUT2D eigenvalue weighted by Gasteiger charge is 2.63. The second kappa shape index (κ2) is 7.98. The number of hydrogen-bond acceptors (Lipinski definition) is 6. The van der Waals surface area contributed by atoms with E-state index in [1.54, 1.807) is 31.2 Å². The van der Waals surface area contributed by atoms with Crippen molar-refractivity contribution in [3.05, 3.63) is 70.8 Å². The fourth-order valence-corrected chi connectivity index (χ4v) is 2.70. The molecule has 3 rings (SSSR count). The van der Waals surface area contributed by atoms with Gasteiger partial charge in [0.15, 0.2) is 6.10 Å². The van der Waals surface area contributed by atoms with Crippen molar-refractivity contribution in [2.45, 2.75) is 32.0 Å². The second-order valence-corrected chi connectivity index (χ2v) is 6.72. The summed E-state index contributed by atoms with van der Waals surface area (Å²) in [5.74, 6) is -7.71. The van der Waals surface area contributed by atoms with Gasteiger partial charge >= 0.3 is 23.8 Å². The molecule has 1 saturated heterocycles. The summed E-state index contributed by atoms with van der Waals surface area (Å²) in [5, 5.41) is 0. The fourth-order valence-electron chi connectivity index (χ4n) is 2.70. The molecule has 29 heavy (non-hydrogen) atoms. The zero-order chi connectivity index (χ0) is 21.2. The Labute approximate surface area is 165 Å². The molecule has 2 atom stereocenters. The summed E-state index contributed by atoms with van der Waals surface area (Å²) < 4.78 is 42.8. The summed E-state index contributed by atoms with van der Waals surface area (Å²) >= 11 is 0. The van der Waals surface area contributed by atoms with E-state index in [4.69, 9.17) is 9.47 Å². The van der Waals surface area contributed by atoms with Gasteiger partial charge in [0.05, 0.1) is 11.1 Å². The predicted molar refractivity (Wildman–Crippen MR) is 96.7 cm³/mol. The van der Waals surface area contributed by atoms with Gasteiger partial charge in [-0.25, -0.2) is 14.4 Å².